The Morgan fingerprint density at radius 2 is 1.97 bits per heavy atom. The Kier molecular flexibility index (Phi) is 5.15. The molecule has 2 bridgehead atoms. The quantitative estimate of drug-likeness (QED) is 0.529. The summed E-state index contributed by atoms with van der Waals surface area (Å²) in [5.41, 5.74) is 0.724. The lowest BCUT2D eigenvalue weighted by molar-refractivity contribution is -0.383. The molecule has 4 rings (SSSR count). The molecule has 1 saturated carbocycles. The van der Waals surface area contributed by atoms with Gasteiger partial charge < -0.3 is 19.7 Å². The van der Waals surface area contributed by atoms with Crippen molar-refractivity contribution in [2.24, 2.45) is 10.8 Å². The van der Waals surface area contributed by atoms with E-state index in [0.717, 1.165) is 25.8 Å². The third-order valence-electron chi connectivity index (χ3n) is 6.33. The highest BCUT2D eigenvalue weighted by Gasteiger charge is 2.51. The number of ether oxygens (including phenoxy) is 2. The third-order valence-corrected chi connectivity index (χ3v) is 6.33. The molecular weight excluding hydrogens is 398 g/mol. The Morgan fingerprint density at radius 1 is 1.19 bits per heavy atom. The summed E-state index contributed by atoms with van der Waals surface area (Å²) in [6, 6.07) is 5.44. The van der Waals surface area contributed by atoms with Crippen molar-refractivity contribution in [1.29, 1.82) is 0 Å². The first-order chi connectivity index (χ1) is 14.6. The molecule has 2 atom stereocenters. The van der Waals surface area contributed by atoms with E-state index in [1.54, 1.807) is 32.4 Å². The maximum atomic E-state index is 12.2. The van der Waals surface area contributed by atoms with Gasteiger partial charge in [-0.25, -0.2) is 9.97 Å². The van der Waals surface area contributed by atoms with Gasteiger partial charge in [0.15, 0.2) is 0 Å². The van der Waals surface area contributed by atoms with E-state index < -0.39 is 4.92 Å². The van der Waals surface area contributed by atoms with Crippen molar-refractivity contribution in [2.45, 2.75) is 46.1 Å². The van der Waals surface area contributed by atoms with E-state index in [2.05, 4.69) is 41.0 Å². The fourth-order valence-electron chi connectivity index (χ4n) is 5.59. The van der Waals surface area contributed by atoms with Gasteiger partial charge in [0, 0.05) is 18.7 Å². The topological polar surface area (TPSA) is 103 Å². The van der Waals surface area contributed by atoms with Gasteiger partial charge in [-0.2, -0.15) is 0 Å². The van der Waals surface area contributed by atoms with Gasteiger partial charge >= 0.3 is 5.69 Å². The Balaban J connectivity index is 1.75. The molecule has 2 unspecified atom stereocenters. The smallest absolute Gasteiger partial charge is 0.353 e. The maximum absolute atomic E-state index is 12.2. The molecule has 2 fully saturated rings. The van der Waals surface area contributed by atoms with Crippen LogP contribution in [0, 0.1) is 20.9 Å². The number of fused-ring (bicyclic) bond motifs is 2. The summed E-state index contributed by atoms with van der Waals surface area (Å²) in [4.78, 5) is 22.5. The summed E-state index contributed by atoms with van der Waals surface area (Å²) < 4.78 is 10.7. The zero-order chi connectivity index (χ0) is 22.4. The summed E-state index contributed by atoms with van der Waals surface area (Å²) in [5.74, 6) is 1.63. The van der Waals surface area contributed by atoms with Gasteiger partial charge in [0.1, 0.15) is 17.8 Å². The van der Waals surface area contributed by atoms with Crippen LogP contribution in [0.1, 0.15) is 40.0 Å². The van der Waals surface area contributed by atoms with Crippen molar-refractivity contribution < 1.29 is 14.4 Å². The van der Waals surface area contributed by atoms with E-state index in [9.17, 15) is 10.1 Å². The summed E-state index contributed by atoms with van der Waals surface area (Å²) in [6.07, 6.45) is 4.48. The molecule has 0 spiro atoms. The van der Waals surface area contributed by atoms with Crippen molar-refractivity contribution in [1.82, 2.24) is 9.97 Å². The molecule has 2 heterocycles. The van der Waals surface area contributed by atoms with Crippen LogP contribution < -0.4 is 19.7 Å². The average molecular weight is 428 g/mol. The molecule has 1 aliphatic carbocycles. The van der Waals surface area contributed by atoms with E-state index in [4.69, 9.17) is 9.47 Å². The standard InChI is InChI=1S/C22H29N5O4/c1-21(2)9-14-10-22(3,11-21)12-26(14)20-18(27(28)29)19(23-13-24-20)25-16-8-15(30-4)6-7-17(16)31-5/h6-8,13-14H,9-12H2,1-5H3,(H,23,24,25). The summed E-state index contributed by atoms with van der Waals surface area (Å²) in [7, 11) is 3.10. The largest absolute Gasteiger partial charge is 0.497 e. The fraction of sp³-hybridized carbons (Fsp3) is 0.545. The molecule has 2 aromatic rings. The van der Waals surface area contributed by atoms with Gasteiger partial charge in [-0.3, -0.25) is 10.1 Å². The third kappa shape index (κ3) is 3.96. The molecule has 166 valence electrons. The molecule has 1 N–H and O–H groups in total. The number of hydrogen-bond acceptors (Lipinski definition) is 8. The number of aromatic nitrogens is 2. The molecule has 1 aliphatic heterocycles. The highest BCUT2D eigenvalue weighted by Crippen LogP contribution is 2.54. The summed E-state index contributed by atoms with van der Waals surface area (Å²) >= 11 is 0. The van der Waals surface area contributed by atoms with Gasteiger partial charge in [-0.1, -0.05) is 20.8 Å². The van der Waals surface area contributed by atoms with Crippen molar-refractivity contribution in [3.05, 3.63) is 34.6 Å². The first-order valence-electron chi connectivity index (χ1n) is 10.4. The van der Waals surface area contributed by atoms with E-state index in [1.807, 2.05) is 0 Å². The van der Waals surface area contributed by atoms with Gasteiger partial charge in [0.2, 0.25) is 11.6 Å². The van der Waals surface area contributed by atoms with Crippen LogP contribution in [0.3, 0.4) is 0 Å². The minimum atomic E-state index is -0.403. The van der Waals surface area contributed by atoms with Crippen LogP contribution in [-0.2, 0) is 0 Å². The number of nitrogens with one attached hydrogen (secondary N) is 1. The van der Waals surface area contributed by atoms with Crippen molar-refractivity contribution in [2.75, 3.05) is 31.0 Å². The molecule has 2 aliphatic rings. The van der Waals surface area contributed by atoms with Gasteiger partial charge in [-0.15, -0.1) is 0 Å². The van der Waals surface area contributed by atoms with Crippen LogP contribution in [0.25, 0.3) is 0 Å². The Bertz CT molecular complexity index is 1010. The molecule has 31 heavy (non-hydrogen) atoms. The monoisotopic (exact) mass is 427 g/mol. The van der Waals surface area contributed by atoms with E-state index >= 15 is 0 Å². The molecular formula is C22H29N5O4. The molecule has 1 aromatic heterocycles. The Hall–Kier alpha value is -3.10. The molecule has 9 heteroatoms. The number of rotatable bonds is 6. The van der Waals surface area contributed by atoms with Crippen molar-refractivity contribution in [3.63, 3.8) is 0 Å². The van der Waals surface area contributed by atoms with Crippen LogP contribution in [-0.4, -0.2) is 41.7 Å². The van der Waals surface area contributed by atoms with Crippen molar-refractivity contribution in [3.8, 4) is 11.5 Å². The number of benzene rings is 1. The predicted octanol–water partition coefficient (Wildman–Crippen LogP) is 4.55. The second-order valence-electron chi connectivity index (χ2n) is 9.68. The SMILES string of the molecule is COc1ccc(OC)c(Nc2ncnc(N3CC4(C)CC3CC(C)(C)C4)c2[N+](=O)[O-])c1. The number of anilines is 3. The Morgan fingerprint density at radius 3 is 2.65 bits per heavy atom. The molecule has 1 saturated heterocycles. The zero-order valence-electron chi connectivity index (χ0n) is 18.6. The fourth-order valence-corrected chi connectivity index (χ4v) is 5.59. The highest BCUT2D eigenvalue weighted by atomic mass is 16.6. The maximum Gasteiger partial charge on any atom is 0.353 e. The van der Waals surface area contributed by atoms with E-state index in [1.165, 1.54) is 6.33 Å². The van der Waals surface area contributed by atoms with E-state index in [0.29, 0.717) is 23.0 Å². The second-order valence-corrected chi connectivity index (χ2v) is 9.68. The second kappa shape index (κ2) is 7.55. The lowest BCUT2D eigenvalue weighted by Gasteiger charge is -2.39. The molecule has 9 nitrogen and oxygen atoms in total. The predicted molar refractivity (Wildman–Crippen MR) is 118 cm³/mol. The zero-order valence-corrected chi connectivity index (χ0v) is 18.6. The van der Waals surface area contributed by atoms with Crippen LogP contribution >= 0.6 is 0 Å². The first kappa shape index (κ1) is 21.1. The van der Waals surface area contributed by atoms with Crippen molar-refractivity contribution >= 4 is 23.0 Å². The highest BCUT2D eigenvalue weighted by molar-refractivity contribution is 5.77. The lowest BCUT2D eigenvalue weighted by atomic mass is 9.65. The Labute approximate surface area is 181 Å². The minimum absolute atomic E-state index is 0.120. The van der Waals surface area contributed by atoms with Crippen LogP contribution in [0.15, 0.2) is 24.5 Å². The summed E-state index contributed by atoms with van der Waals surface area (Å²) in [5, 5.41) is 15.2. The number of methoxy groups -OCH3 is 2. The molecule has 0 amide bonds. The van der Waals surface area contributed by atoms with Gasteiger partial charge in [0.05, 0.1) is 24.8 Å². The molecule has 0 radical (unpaired) electrons. The lowest BCUT2D eigenvalue weighted by Crippen LogP contribution is -2.35. The summed E-state index contributed by atoms with van der Waals surface area (Å²) in [6.45, 7) is 7.57. The van der Waals surface area contributed by atoms with Crippen LogP contribution in [0.4, 0.5) is 23.0 Å². The van der Waals surface area contributed by atoms with Gasteiger partial charge in [-0.05, 0) is 42.2 Å². The van der Waals surface area contributed by atoms with E-state index in [-0.39, 0.29) is 28.4 Å². The first-order valence-corrected chi connectivity index (χ1v) is 10.4. The average Bonchev–Trinajstić information content (AvgIpc) is 2.96. The van der Waals surface area contributed by atoms with Crippen LogP contribution in [0.2, 0.25) is 0 Å². The van der Waals surface area contributed by atoms with Gasteiger partial charge in [0.25, 0.3) is 0 Å². The minimum Gasteiger partial charge on any atom is -0.497 e. The van der Waals surface area contributed by atoms with Crippen LogP contribution in [0.5, 0.6) is 11.5 Å². The number of nitrogens with zero attached hydrogens (tertiary/aromatic N) is 4. The normalized spacial score (nSPS) is 24.0. The number of hydrogen-bond donors (Lipinski definition) is 1. The molecule has 1 aromatic carbocycles. The number of nitro groups is 1.